The molecular weight excluding hydrogens is 152 g/mol. The van der Waals surface area contributed by atoms with Crippen LogP contribution in [0.3, 0.4) is 0 Å². The Morgan fingerprint density at radius 3 is 2.36 bits per heavy atom. The van der Waals surface area contributed by atoms with Gasteiger partial charge in [-0.15, -0.1) is 0 Å². The first-order chi connectivity index (χ1) is 5.11. The molecule has 0 aliphatic rings. The van der Waals surface area contributed by atoms with Crippen molar-refractivity contribution in [2.75, 3.05) is 6.61 Å². The third kappa shape index (κ3) is 3.57. The molecule has 0 aromatic heterocycles. The predicted octanol–water partition coefficient (Wildman–Crippen LogP) is -0.615. The van der Waals surface area contributed by atoms with Gasteiger partial charge in [0.1, 0.15) is 0 Å². The zero-order chi connectivity index (χ0) is 8.85. The number of carbonyl (C=O) groups excluding carboxylic acids is 1. The molecule has 0 aliphatic carbocycles. The SMILES string of the molecule is CCC(=O)OC(CO)C(=O)O. The van der Waals surface area contributed by atoms with Crippen LogP contribution in [0.5, 0.6) is 0 Å². The summed E-state index contributed by atoms with van der Waals surface area (Å²) in [4.78, 5) is 20.6. The van der Waals surface area contributed by atoms with Crippen molar-refractivity contribution in [3.8, 4) is 0 Å². The lowest BCUT2D eigenvalue weighted by molar-refractivity contribution is -0.166. The number of hydrogen-bond acceptors (Lipinski definition) is 4. The van der Waals surface area contributed by atoms with Gasteiger partial charge >= 0.3 is 11.9 Å². The molecule has 0 spiro atoms. The van der Waals surface area contributed by atoms with Gasteiger partial charge in [-0.2, -0.15) is 0 Å². The first-order valence-corrected chi connectivity index (χ1v) is 3.15. The number of carboxylic acid groups (broad SMARTS) is 1. The summed E-state index contributed by atoms with van der Waals surface area (Å²) in [6, 6.07) is 0. The van der Waals surface area contributed by atoms with Crippen LogP contribution in [0.15, 0.2) is 0 Å². The van der Waals surface area contributed by atoms with Crippen molar-refractivity contribution < 1.29 is 24.5 Å². The van der Waals surface area contributed by atoms with Crippen molar-refractivity contribution in [3.05, 3.63) is 0 Å². The van der Waals surface area contributed by atoms with E-state index in [9.17, 15) is 9.59 Å². The number of esters is 1. The van der Waals surface area contributed by atoms with Gasteiger partial charge in [-0.3, -0.25) is 4.79 Å². The Morgan fingerprint density at radius 2 is 2.09 bits per heavy atom. The lowest BCUT2D eigenvalue weighted by Crippen LogP contribution is -2.30. The van der Waals surface area contributed by atoms with Gasteiger partial charge in [-0.25, -0.2) is 4.79 Å². The van der Waals surface area contributed by atoms with E-state index in [-0.39, 0.29) is 6.42 Å². The number of carboxylic acids is 1. The molecule has 0 fully saturated rings. The second kappa shape index (κ2) is 4.68. The molecule has 11 heavy (non-hydrogen) atoms. The van der Waals surface area contributed by atoms with Gasteiger partial charge in [0, 0.05) is 6.42 Å². The summed E-state index contributed by atoms with van der Waals surface area (Å²) in [6.45, 7) is 0.847. The molecule has 0 rings (SSSR count). The summed E-state index contributed by atoms with van der Waals surface area (Å²) in [5.74, 6) is -1.97. The molecule has 0 aliphatic heterocycles. The van der Waals surface area contributed by atoms with E-state index in [4.69, 9.17) is 10.2 Å². The third-order valence-electron chi connectivity index (χ3n) is 1.00. The highest BCUT2D eigenvalue weighted by Crippen LogP contribution is 1.94. The number of aliphatic hydroxyl groups excluding tert-OH is 1. The Morgan fingerprint density at radius 1 is 1.55 bits per heavy atom. The lowest BCUT2D eigenvalue weighted by atomic mass is 10.4. The summed E-state index contributed by atoms with van der Waals surface area (Å²) in [6.07, 6.45) is -1.33. The van der Waals surface area contributed by atoms with E-state index in [2.05, 4.69) is 4.74 Å². The van der Waals surface area contributed by atoms with Crippen molar-refractivity contribution in [2.24, 2.45) is 0 Å². The second-order valence-electron chi connectivity index (χ2n) is 1.85. The molecule has 0 bridgehead atoms. The van der Waals surface area contributed by atoms with Gasteiger partial charge < -0.3 is 14.9 Å². The average molecular weight is 162 g/mol. The van der Waals surface area contributed by atoms with E-state index >= 15 is 0 Å². The molecular formula is C6H10O5. The monoisotopic (exact) mass is 162 g/mol. The van der Waals surface area contributed by atoms with E-state index in [1.165, 1.54) is 0 Å². The molecule has 0 amide bonds. The maximum atomic E-state index is 10.5. The first-order valence-electron chi connectivity index (χ1n) is 3.15. The molecule has 64 valence electrons. The number of carbonyl (C=O) groups is 2. The Balaban J connectivity index is 3.88. The third-order valence-corrected chi connectivity index (χ3v) is 1.00. The Hall–Kier alpha value is -1.10. The number of rotatable bonds is 4. The van der Waals surface area contributed by atoms with Crippen LogP contribution in [0.1, 0.15) is 13.3 Å². The fraction of sp³-hybridized carbons (Fsp3) is 0.667. The molecule has 2 N–H and O–H groups in total. The molecule has 5 heteroatoms. The normalized spacial score (nSPS) is 12.2. The van der Waals surface area contributed by atoms with Crippen LogP contribution in [0.2, 0.25) is 0 Å². The quantitative estimate of drug-likeness (QED) is 0.538. The average Bonchev–Trinajstić information content (AvgIpc) is 1.99. The van der Waals surface area contributed by atoms with Crippen LogP contribution >= 0.6 is 0 Å². The van der Waals surface area contributed by atoms with E-state index < -0.39 is 24.6 Å². The van der Waals surface area contributed by atoms with Crippen LogP contribution < -0.4 is 0 Å². The number of aliphatic carboxylic acids is 1. The summed E-state index contributed by atoms with van der Waals surface area (Å²) in [5.41, 5.74) is 0. The summed E-state index contributed by atoms with van der Waals surface area (Å²) >= 11 is 0. The van der Waals surface area contributed by atoms with Gasteiger partial charge in [-0.1, -0.05) is 6.92 Å². The zero-order valence-electron chi connectivity index (χ0n) is 6.11. The molecule has 1 atom stereocenters. The molecule has 0 heterocycles. The van der Waals surface area contributed by atoms with Gasteiger partial charge in [-0.05, 0) is 0 Å². The van der Waals surface area contributed by atoms with Crippen molar-refractivity contribution in [1.29, 1.82) is 0 Å². The minimum Gasteiger partial charge on any atom is -0.478 e. The van der Waals surface area contributed by atoms with E-state index in [1.807, 2.05) is 0 Å². The van der Waals surface area contributed by atoms with E-state index in [0.717, 1.165) is 0 Å². The molecule has 1 unspecified atom stereocenters. The highest BCUT2D eigenvalue weighted by atomic mass is 16.6. The predicted molar refractivity (Wildman–Crippen MR) is 34.9 cm³/mol. The lowest BCUT2D eigenvalue weighted by Gasteiger charge is -2.08. The van der Waals surface area contributed by atoms with Gasteiger partial charge in [0.25, 0.3) is 0 Å². The summed E-state index contributed by atoms with van der Waals surface area (Å²) in [5, 5.41) is 16.7. The summed E-state index contributed by atoms with van der Waals surface area (Å²) < 4.78 is 4.32. The fourth-order valence-electron chi connectivity index (χ4n) is 0.408. The smallest absolute Gasteiger partial charge is 0.347 e. The molecule has 0 radical (unpaired) electrons. The molecule has 0 aromatic rings. The van der Waals surface area contributed by atoms with Gasteiger partial charge in [0.15, 0.2) is 0 Å². The first kappa shape index (κ1) is 9.90. The van der Waals surface area contributed by atoms with Gasteiger partial charge in [0.2, 0.25) is 6.10 Å². The Bertz CT molecular complexity index is 153. The van der Waals surface area contributed by atoms with E-state index in [0.29, 0.717) is 0 Å². The van der Waals surface area contributed by atoms with Crippen LogP contribution in [-0.4, -0.2) is 34.9 Å². The van der Waals surface area contributed by atoms with Crippen molar-refractivity contribution in [3.63, 3.8) is 0 Å². The van der Waals surface area contributed by atoms with Crippen LogP contribution in [-0.2, 0) is 14.3 Å². The van der Waals surface area contributed by atoms with Crippen molar-refractivity contribution in [1.82, 2.24) is 0 Å². The molecule has 0 saturated heterocycles. The van der Waals surface area contributed by atoms with Crippen LogP contribution in [0.25, 0.3) is 0 Å². The number of hydrogen-bond donors (Lipinski definition) is 2. The minimum absolute atomic E-state index is 0.101. The standard InChI is InChI=1S/C6H10O5/c1-2-5(8)11-4(3-7)6(9)10/h4,7H,2-3H2,1H3,(H,9,10). The summed E-state index contributed by atoms with van der Waals surface area (Å²) in [7, 11) is 0. The second-order valence-corrected chi connectivity index (χ2v) is 1.85. The number of aliphatic hydroxyl groups is 1. The number of ether oxygens (including phenoxy) is 1. The highest BCUT2D eigenvalue weighted by Gasteiger charge is 2.19. The highest BCUT2D eigenvalue weighted by molar-refractivity contribution is 5.77. The largest absolute Gasteiger partial charge is 0.478 e. The Labute approximate surface area is 63.6 Å². The topological polar surface area (TPSA) is 83.8 Å². The van der Waals surface area contributed by atoms with Crippen LogP contribution in [0, 0.1) is 0 Å². The zero-order valence-corrected chi connectivity index (χ0v) is 6.11. The molecule has 5 nitrogen and oxygen atoms in total. The molecule has 0 aromatic carbocycles. The van der Waals surface area contributed by atoms with Crippen LogP contribution in [0.4, 0.5) is 0 Å². The van der Waals surface area contributed by atoms with E-state index in [1.54, 1.807) is 6.92 Å². The maximum absolute atomic E-state index is 10.5. The fourth-order valence-corrected chi connectivity index (χ4v) is 0.408. The molecule has 0 saturated carbocycles. The van der Waals surface area contributed by atoms with Gasteiger partial charge in [0.05, 0.1) is 6.61 Å². The Kier molecular flexibility index (Phi) is 4.21. The minimum atomic E-state index is -1.43. The maximum Gasteiger partial charge on any atom is 0.347 e. The van der Waals surface area contributed by atoms with Crippen molar-refractivity contribution in [2.45, 2.75) is 19.4 Å². The van der Waals surface area contributed by atoms with Crippen molar-refractivity contribution >= 4 is 11.9 Å².